The maximum absolute atomic E-state index is 13.1. The molecule has 1 amide bonds. The molecule has 0 unspecified atom stereocenters. The van der Waals surface area contributed by atoms with Gasteiger partial charge in [0, 0.05) is 29.1 Å². The summed E-state index contributed by atoms with van der Waals surface area (Å²) in [7, 11) is 0. The fraction of sp³-hybridized carbons (Fsp3) is 0.289. The molecule has 52 heavy (non-hydrogen) atoms. The lowest BCUT2D eigenvalue weighted by atomic mass is 9.71. The summed E-state index contributed by atoms with van der Waals surface area (Å²) in [5, 5.41) is 11.0. The fourth-order valence-corrected chi connectivity index (χ4v) is 6.71. The predicted molar refractivity (Wildman–Crippen MR) is 214 cm³/mol. The number of allylic oxidation sites excluding steroid dienone is 10. The van der Waals surface area contributed by atoms with E-state index in [0.29, 0.717) is 12.1 Å². The number of hydrogen-bond donors (Lipinski definition) is 2. The van der Waals surface area contributed by atoms with Gasteiger partial charge in [-0.25, -0.2) is 19.3 Å². The first-order valence-corrected chi connectivity index (χ1v) is 18.7. The summed E-state index contributed by atoms with van der Waals surface area (Å²) in [6, 6.07) is 22.6. The highest BCUT2D eigenvalue weighted by atomic mass is 16.2. The molecule has 7 heteroatoms. The van der Waals surface area contributed by atoms with Gasteiger partial charge in [0.15, 0.2) is 5.65 Å². The Labute approximate surface area is 306 Å². The maximum atomic E-state index is 13.1. The number of pyridine rings is 2. The van der Waals surface area contributed by atoms with E-state index in [4.69, 9.17) is 4.98 Å². The Morgan fingerprint density at radius 2 is 1.48 bits per heavy atom. The normalized spacial score (nSPS) is 14.6. The van der Waals surface area contributed by atoms with Crippen molar-refractivity contribution >= 4 is 22.5 Å². The molecule has 2 aromatic carbocycles. The summed E-state index contributed by atoms with van der Waals surface area (Å²) in [4.78, 5) is 30.4. The van der Waals surface area contributed by atoms with Crippen molar-refractivity contribution < 1.29 is 4.79 Å². The summed E-state index contributed by atoms with van der Waals surface area (Å²) in [6.45, 7) is 2.15. The molecule has 0 atom stereocenters. The van der Waals surface area contributed by atoms with Crippen LogP contribution < -0.4 is 11.0 Å². The summed E-state index contributed by atoms with van der Waals surface area (Å²) < 4.78 is 1.50. The van der Waals surface area contributed by atoms with Gasteiger partial charge in [0.25, 0.3) is 0 Å². The molecule has 3 heterocycles. The van der Waals surface area contributed by atoms with E-state index < -0.39 is 0 Å². The van der Waals surface area contributed by atoms with Crippen LogP contribution in [0.5, 0.6) is 0 Å². The zero-order valence-electron chi connectivity index (χ0n) is 30.1. The number of nitrogens with one attached hydrogen (secondary N) is 2. The van der Waals surface area contributed by atoms with E-state index in [9.17, 15) is 9.59 Å². The third-order valence-electron chi connectivity index (χ3n) is 9.69. The van der Waals surface area contributed by atoms with Crippen LogP contribution in [0.2, 0.25) is 0 Å². The van der Waals surface area contributed by atoms with Crippen molar-refractivity contribution in [1.29, 1.82) is 0 Å². The number of rotatable bonds is 17. The van der Waals surface area contributed by atoms with Crippen LogP contribution >= 0.6 is 0 Å². The smallest absolute Gasteiger partial charge is 0.347 e. The standard InChI is InChI=1S/C45H49N5O2/c1-2-3-4-5-6-7-8-9-10-11-12-13-14-15-16-17-21-25-41(51)47-45(31-22-32-45)37-28-26-36(27-29-37)42-38(35-23-19-18-20-24-35)34-39-40(46-42)30-33-50-43(39)48-49-44(50)52/h3-4,6-7,9-10,12-13,15-16,18-20,23-24,26-30,33-34H,2,5,8,11,14,17,21-22,25,31-32H2,1H3,(H,47,51)(H,49,52)/b4-3-,7-6-,10-9-,13-12-,16-15-. The SMILES string of the molecule is CC/C=C\C/C=C\C/C=C\C/C=C\C/C=C\CCCC(=O)NC1(c2ccc(-c3nc4ccn5c(=O)[nH]nc5c4cc3-c3ccccc3)cc2)CCC1. The molecule has 6 rings (SSSR count). The Morgan fingerprint density at radius 1 is 0.827 bits per heavy atom. The first-order valence-electron chi connectivity index (χ1n) is 18.7. The summed E-state index contributed by atoms with van der Waals surface area (Å²) in [5.74, 6) is 0.113. The molecule has 7 nitrogen and oxygen atoms in total. The quantitative estimate of drug-likeness (QED) is 0.0750. The molecular weight excluding hydrogens is 643 g/mol. The first kappa shape index (κ1) is 36.2. The van der Waals surface area contributed by atoms with Gasteiger partial charge in [0.05, 0.1) is 16.7 Å². The van der Waals surface area contributed by atoms with Crippen LogP contribution in [-0.4, -0.2) is 25.5 Å². The number of nitrogens with zero attached hydrogens (tertiary/aromatic N) is 3. The van der Waals surface area contributed by atoms with Gasteiger partial charge in [0.1, 0.15) is 0 Å². The fourth-order valence-electron chi connectivity index (χ4n) is 6.71. The number of amides is 1. The minimum atomic E-state index is -0.315. The lowest BCUT2D eigenvalue weighted by molar-refractivity contribution is -0.124. The second-order valence-corrected chi connectivity index (χ2v) is 13.4. The lowest BCUT2D eigenvalue weighted by Gasteiger charge is -2.43. The number of aromatic amines is 1. The highest BCUT2D eigenvalue weighted by molar-refractivity contribution is 5.98. The van der Waals surface area contributed by atoms with Gasteiger partial charge in [0.2, 0.25) is 5.91 Å². The molecule has 1 aliphatic carbocycles. The van der Waals surface area contributed by atoms with Crippen LogP contribution in [0.15, 0.2) is 138 Å². The van der Waals surface area contributed by atoms with E-state index in [1.165, 1.54) is 4.40 Å². The largest absolute Gasteiger partial charge is 0.347 e. The summed E-state index contributed by atoms with van der Waals surface area (Å²) in [6.07, 6.45) is 33.9. The highest BCUT2D eigenvalue weighted by Gasteiger charge is 2.39. The molecule has 0 radical (unpaired) electrons. The van der Waals surface area contributed by atoms with Crippen molar-refractivity contribution in [3.05, 3.63) is 150 Å². The molecule has 266 valence electrons. The van der Waals surface area contributed by atoms with E-state index in [1.54, 1.807) is 6.20 Å². The van der Waals surface area contributed by atoms with E-state index in [-0.39, 0.29) is 17.1 Å². The minimum absolute atomic E-state index is 0.113. The molecule has 2 N–H and O–H groups in total. The molecule has 1 saturated carbocycles. The number of carbonyl (C=O) groups is 1. The monoisotopic (exact) mass is 691 g/mol. The van der Waals surface area contributed by atoms with Crippen molar-refractivity contribution in [2.75, 3.05) is 0 Å². The first-order chi connectivity index (χ1) is 25.6. The Hall–Kier alpha value is -5.56. The molecule has 0 saturated heterocycles. The van der Waals surface area contributed by atoms with Crippen LogP contribution in [0.4, 0.5) is 0 Å². The van der Waals surface area contributed by atoms with E-state index >= 15 is 0 Å². The number of hydrogen-bond acceptors (Lipinski definition) is 4. The topological polar surface area (TPSA) is 92.2 Å². The van der Waals surface area contributed by atoms with Gasteiger partial charge >= 0.3 is 5.69 Å². The van der Waals surface area contributed by atoms with Gasteiger partial charge in [-0.15, -0.1) is 0 Å². The van der Waals surface area contributed by atoms with Crippen LogP contribution in [0.3, 0.4) is 0 Å². The number of fused-ring (bicyclic) bond motifs is 3. The molecule has 3 aromatic heterocycles. The Bertz CT molecular complexity index is 2150. The maximum Gasteiger partial charge on any atom is 0.347 e. The van der Waals surface area contributed by atoms with Gasteiger partial charge in [-0.05, 0) is 87.5 Å². The number of benzene rings is 2. The molecule has 5 aromatic rings. The second-order valence-electron chi connectivity index (χ2n) is 13.4. The number of aromatic nitrogens is 4. The molecule has 0 aliphatic heterocycles. The van der Waals surface area contributed by atoms with E-state index in [2.05, 4.69) is 126 Å². The zero-order valence-corrected chi connectivity index (χ0v) is 30.1. The van der Waals surface area contributed by atoms with Crippen molar-refractivity contribution in [1.82, 2.24) is 24.9 Å². The number of carbonyl (C=O) groups excluding carboxylic acids is 1. The Kier molecular flexibility index (Phi) is 12.6. The highest BCUT2D eigenvalue weighted by Crippen LogP contribution is 2.42. The van der Waals surface area contributed by atoms with Gasteiger partial charge in [-0.2, -0.15) is 5.10 Å². The van der Waals surface area contributed by atoms with Crippen LogP contribution in [0.25, 0.3) is 38.9 Å². The minimum Gasteiger partial charge on any atom is -0.347 e. The zero-order chi connectivity index (χ0) is 36.0. The second kappa shape index (κ2) is 18.1. The third kappa shape index (κ3) is 9.02. The van der Waals surface area contributed by atoms with Crippen molar-refractivity contribution in [3.8, 4) is 22.4 Å². The van der Waals surface area contributed by atoms with Crippen LogP contribution in [0, 0.1) is 0 Å². The molecule has 1 fully saturated rings. The number of H-pyrrole nitrogens is 1. The van der Waals surface area contributed by atoms with Crippen LogP contribution in [-0.2, 0) is 10.3 Å². The van der Waals surface area contributed by atoms with Crippen molar-refractivity contribution in [2.45, 2.75) is 83.1 Å². The average molecular weight is 692 g/mol. The molecule has 1 aliphatic rings. The summed E-state index contributed by atoms with van der Waals surface area (Å²) in [5.41, 5.74) is 5.69. The Balaban J connectivity index is 1.02. The third-order valence-corrected chi connectivity index (χ3v) is 9.69. The van der Waals surface area contributed by atoms with Crippen LogP contribution in [0.1, 0.15) is 83.1 Å². The summed E-state index contributed by atoms with van der Waals surface area (Å²) >= 11 is 0. The number of unbranched alkanes of at least 4 members (excludes halogenated alkanes) is 1. The van der Waals surface area contributed by atoms with Gasteiger partial charge < -0.3 is 5.32 Å². The Morgan fingerprint density at radius 3 is 2.12 bits per heavy atom. The van der Waals surface area contributed by atoms with Crippen molar-refractivity contribution in [3.63, 3.8) is 0 Å². The average Bonchev–Trinajstić information content (AvgIpc) is 3.55. The van der Waals surface area contributed by atoms with Crippen molar-refractivity contribution in [2.24, 2.45) is 0 Å². The van der Waals surface area contributed by atoms with Gasteiger partial charge in [-0.1, -0.05) is 122 Å². The predicted octanol–water partition coefficient (Wildman–Crippen LogP) is 10.3. The van der Waals surface area contributed by atoms with E-state index in [1.807, 2.05) is 24.3 Å². The van der Waals surface area contributed by atoms with E-state index in [0.717, 1.165) is 103 Å². The lowest BCUT2D eigenvalue weighted by Crippen LogP contribution is -2.50. The molecule has 0 spiro atoms. The molecule has 0 bridgehead atoms. The van der Waals surface area contributed by atoms with Gasteiger partial charge in [-0.3, -0.25) is 4.79 Å². The molecular formula is C45H49N5O2.